The number of hydrogen-bond donors (Lipinski definition) is 2. The molecule has 0 unspecified atom stereocenters. The topological polar surface area (TPSA) is 91.7 Å². The van der Waals surface area contributed by atoms with Gasteiger partial charge in [-0.3, -0.25) is 14.4 Å². The van der Waals surface area contributed by atoms with E-state index in [2.05, 4.69) is 6.92 Å². The molecule has 2 fully saturated rings. The van der Waals surface area contributed by atoms with E-state index in [1.54, 1.807) is 0 Å². The molecule has 4 aliphatic rings. The standard InChI is InChI=1S/C24H34O5/c1-12(25)13-9-18(29)24(6)20-14(26)10-16-21(2,3)17(28)7-8-22(16,4)19(20)15(27)11-23(13,24)5/h13-14,16-17,26,28H,7-11H2,1-6H3/t13-,14+,16-,17+,22+,23-,24+/m1/s1. The van der Waals surface area contributed by atoms with Crippen molar-refractivity contribution in [1.82, 2.24) is 0 Å². The smallest absolute Gasteiger partial charge is 0.160 e. The summed E-state index contributed by atoms with van der Waals surface area (Å²) in [6.07, 6.45) is 0.603. The van der Waals surface area contributed by atoms with Gasteiger partial charge in [0, 0.05) is 29.7 Å². The minimum atomic E-state index is -1.000. The van der Waals surface area contributed by atoms with Crippen LogP contribution in [0.4, 0.5) is 0 Å². The highest BCUT2D eigenvalue weighted by atomic mass is 16.3. The number of hydrogen-bond acceptors (Lipinski definition) is 5. The zero-order valence-corrected chi connectivity index (χ0v) is 18.5. The predicted octanol–water partition coefficient (Wildman–Crippen LogP) is 3.01. The summed E-state index contributed by atoms with van der Waals surface area (Å²) in [6, 6.07) is 0. The van der Waals surface area contributed by atoms with E-state index >= 15 is 0 Å². The van der Waals surface area contributed by atoms with Crippen LogP contribution in [-0.2, 0) is 14.4 Å². The van der Waals surface area contributed by atoms with E-state index in [4.69, 9.17) is 0 Å². The van der Waals surface area contributed by atoms with E-state index in [1.807, 2.05) is 27.7 Å². The maximum Gasteiger partial charge on any atom is 0.160 e. The van der Waals surface area contributed by atoms with Crippen molar-refractivity contribution in [3.05, 3.63) is 11.1 Å². The Morgan fingerprint density at radius 1 is 1.07 bits per heavy atom. The molecule has 0 aromatic heterocycles. The minimum absolute atomic E-state index is 0.0284. The van der Waals surface area contributed by atoms with Crippen molar-refractivity contribution in [3.63, 3.8) is 0 Å². The molecule has 2 N–H and O–H groups in total. The van der Waals surface area contributed by atoms with E-state index in [0.29, 0.717) is 30.4 Å². The molecule has 0 bridgehead atoms. The Kier molecular flexibility index (Phi) is 4.24. The van der Waals surface area contributed by atoms with Gasteiger partial charge in [0.1, 0.15) is 11.6 Å². The molecule has 5 heteroatoms. The Morgan fingerprint density at radius 3 is 2.28 bits per heavy atom. The van der Waals surface area contributed by atoms with Crippen molar-refractivity contribution >= 4 is 17.3 Å². The van der Waals surface area contributed by atoms with Gasteiger partial charge in [0.2, 0.25) is 0 Å². The highest BCUT2D eigenvalue weighted by Gasteiger charge is 2.70. The number of Topliss-reactive ketones (excluding diaryl/α,β-unsaturated/α-hetero) is 3. The van der Waals surface area contributed by atoms with Crippen LogP contribution in [0, 0.1) is 33.5 Å². The van der Waals surface area contributed by atoms with Crippen molar-refractivity contribution in [2.24, 2.45) is 33.5 Å². The van der Waals surface area contributed by atoms with Crippen LogP contribution in [0.15, 0.2) is 11.1 Å². The quantitative estimate of drug-likeness (QED) is 0.703. The summed E-state index contributed by atoms with van der Waals surface area (Å²) in [7, 11) is 0. The summed E-state index contributed by atoms with van der Waals surface area (Å²) >= 11 is 0. The molecule has 160 valence electrons. The average molecular weight is 403 g/mol. The molecule has 2 saturated carbocycles. The zero-order valence-electron chi connectivity index (χ0n) is 18.5. The molecule has 0 saturated heterocycles. The van der Waals surface area contributed by atoms with E-state index in [0.717, 1.165) is 0 Å². The second-order valence-electron chi connectivity index (χ2n) is 11.3. The fraction of sp³-hybridized carbons (Fsp3) is 0.792. The SMILES string of the molecule is CC(=O)[C@H]1CC(=O)[C@@]2(C)C3=C(C(=O)C[C@]12C)[C@@]1(C)CC[C@H](O)C(C)(C)[C@H]1C[C@@H]3O. The Morgan fingerprint density at radius 2 is 1.69 bits per heavy atom. The van der Waals surface area contributed by atoms with Crippen LogP contribution in [0.5, 0.6) is 0 Å². The summed E-state index contributed by atoms with van der Waals surface area (Å²) in [6.45, 7) is 11.4. The third-order valence-corrected chi connectivity index (χ3v) is 9.79. The van der Waals surface area contributed by atoms with Gasteiger partial charge in [-0.2, -0.15) is 0 Å². The van der Waals surface area contributed by atoms with Crippen molar-refractivity contribution in [2.45, 2.75) is 85.9 Å². The number of fused-ring (bicyclic) bond motifs is 4. The molecular weight excluding hydrogens is 368 g/mol. The van der Waals surface area contributed by atoms with Gasteiger partial charge in [0.05, 0.1) is 17.6 Å². The predicted molar refractivity (Wildman–Crippen MR) is 108 cm³/mol. The molecule has 7 atom stereocenters. The van der Waals surface area contributed by atoms with Crippen molar-refractivity contribution in [2.75, 3.05) is 0 Å². The Balaban J connectivity index is 1.97. The maximum atomic E-state index is 13.6. The van der Waals surface area contributed by atoms with Crippen LogP contribution < -0.4 is 0 Å². The molecule has 0 aromatic rings. The van der Waals surface area contributed by atoms with Gasteiger partial charge in [0.25, 0.3) is 0 Å². The number of allylic oxidation sites excluding steroid dienone is 1. The molecule has 0 radical (unpaired) electrons. The molecule has 0 amide bonds. The van der Waals surface area contributed by atoms with Crippen LogP contribution >= 0.6 is 0 Å². The third-order valence-electron chi connectivity index (χ3n) is 9.79. The van der Waals surface area contributed by atoms with Gasteiger partial charge in [-0.15, -0.1) is 0 Å². The zero-order chi connectivity index (χ0) is 21.7. The fourth-order valence-corrected chi connectivity index (χ4v) is 7.82. The Labute approximate surface area is 172 Å². The second kappa shape index (κ2) is 5.88. The van der Waals surface area contributed by atoms with E-state index in [9.17, 15) is 24.6 Å². The lowest BCUT2D eigenvalue weighted by Crippen LogP contribution is -2.60. The van der Waals surface area contributed by atoms with Crippen molar-refractivity contribution in [1.29, 1.82) is 0 Å². The number of ketones is 3. The first-order valence-corrected chi connectivity index (χ1v) is 10.9. The lowest BCUT2D eigenvalue weighted by Gasteiger charge is -2.61. The van der Waals surface area contributed by atoms with Gasteiger partial charge >= 0.3 is 0 Å². The molecule has 29 heavy (non-hydrogen) atoms. The van der Waals surface area contributed by atoms with E-state index in [1.165, 1.54) is 6.92 Å². The molecule has 5 nitrogen and oxygen atoms in total. The molecule has 0 aromatic carbocycles. The second-order valence-corrected chi connectivity index (χ2v) is 11.3. The number of carbonyl (C=O) groups excluding carboxylic acids is 3. The largest absolute Gasteiger partial charge is 0.393 e. The highest BCUT2D eigenvalue weighted by Crippen LogP contribution is 2.69. The first-order chi connectivity index (χ1) is 13.2. The summed E-state index contributed by atoms with van der Waals surface area (Å²) in [4.78, 5) is 39.4. The third kappa shape index (κ3) is 2.26. The molecule has 0 spiro atoms. The molecule has 0 aliphatic heterocycles. The lowest BCUT2D eigenvalue weighted by atomic mass is 9.42. The highest BCUT2D eigenvalue weighted by molar-refractivity contribution is 6.07. The summed E-state index contributed by atoms with van der Waals surface area (Å²) in [5.41, 5.74) is -1.50. The average Bonchev–Trinajstić information content (AvgIpc) is 2.81. The lowest BCUT2D eigenvalue weighted by molar-refractivity contribution is -0.142. The molecule has 4 aliphatic carbocycles. The fourth-order valence-electron chi connectivity index (χ4n) is 7.82. The van der Waals surface area contributed by atoms with Crippen LogP contribution in [0.3, 0.4) is 0 Å². The monoisotopic (exact) mass is 402 g/mol. The van der Waals surface area contributed by atoms with Crippen LogP contribution in [0.2, 0.25) is 0 Å². The van der Waals surface area contributed by atoms with Crippen LogP contribution in [-0.4, -0.2) is 39.8 Å². The maximum absolute atomic E-state index is 13.6. The van der Waals surface area contributed by atoms with Crippen molar-refractivity contribution in [3.8, 4) is 0 Å². The molecular formula is C24H34O5. The summed E-state index contributed by atoms with van der Waals surface area (Å²) in [5.74, 6) is -0.654. The number of aliphatic hydroxyl groups excluding tert-OH is 2. The Hall–Kier alpha value is -1.33. The number of rotatable bonds is 1. The number of carbonyl (C=O) groups is 3. The van der Waals surface area contributed by atoms with Gasteiger partial charge in [-0.1, -0.05) is 27.7 Å². The van der Waals surface area contributed by atoms with Gasteiger partial charge in [0.15, 0.2) is 5.78 Å². The van der Waals surface area contributed by atoms with E-state index in [-0.39, 0.29) is 36.1 Å². The molecule has 0 heterocycles. The van der Waals surface area contributed by atoms with Crippen molar-refractivity contribution < 1.29 is 24.6 Å². The van der Waals surface area contributed by atoms with Crippen LogP contribution in [0.25, 0.3) is 0 Å². The summed E-state index contributed by atoms with van der Waals surface area (Å²) in [5, 5.41) is 22.0. The summed E-state index contributed by atoms with van der Waals surface area (Å²) < 4.78 is 0. The first kappa shape index (κ1) is 20.9. The van der Waals surface area contributed by atoms with Gasteiger partial charge < -0.3 is 10.2 Å². The van der Waals surface area contributed by atoms with Gasteiger partial charge in [-0.25, -0.2) is 0 Å². The first-order valence-electron chi connectivity index (χ1n) is 10.9. The number of aliphatic hydroxyl groups is 2. The minimum Gasteiger partial charge on any atom is -0.393 e. The normalized spacial score (nSPS) is 48.8. The van der Waals surface area contributed by atoms with Crippen LogP contribution in [0.1, 0.15) is 73.6 Å². The van der Waals surface area contributed by atoms with E-state index < -0.39 is 39.8 Å². The Bertz CT molecular complexity index is 853. The van der Waals surface area contributed by atoms with Gasteiger partial charge in [-0.05, 0) is 55.4 Å². The molecule has 4 rings (SSSR count).